The lowest BCUT2D eigenvalue weighted by Gasteiger charge is -2.04. The molecule has 0 heterocycles. The second kappa shape index (κ2) is 5.03. The van der Waals surface area contributed by atoms with Gasteiger partial charge < -0.3 is 0 Å². The molecule has 0 N–H and O–H groups in total. The van der Waals surface area contributed by atoms with Gasteiger partial charge in [-0.15, -0.1) is 0 Å². The topological polar surface area (TPSA) is 21.4 Å². The van der Waals surface area contributed by atoms with E-state index >= 15 is 0 Å². The maximum atomic E-state index is 11.8. The number of halogens is 3. The molecule has 0 aliphatic carbocycles. The summed E-state index contributed by atoms with van der Waals surface area (Å²) in [5, 5.41) is 0. The van der Waals surface area contributed by atoms with Gasteiger partial charge >= 0.3 is 5.51 Å². The number of rotatable bonds is 3. The summed E-state index contributed by atoms with van der Waals surface area (Å²) in [6, 6.07) is 5.51. The van der Waals surface area contributed by atoms with E-state index in [0.717, 1.165) is 0 Å². The van der Waals surface area contributed by atoms with Crippen molar-refractivity contribution in [3.8, 4) is 0 Å². The van der Waals surface area contributed by atoms with Crippen molar-refractivity contribution < 1.29 is 18.0 Å². The van der Waals surface area contributed by atoms with Crippen LogP contribution in [0.25, 0.3) is 4.85 Å². The van der Waals surface area contributed by atoms with E-state index in [2.05, 4.69) is 4.85 Å². The zero-order valence-corrected chi connectivity index (χ0v) is 8.73. The van der Waals surface area contributed by atoms with E-state index in [0.29, 0.717) is 5.69 Å². The maximum Gasteiger partial charge on any atom is 0.442 e. The van der Waals surface area contributed by atoms with E-state index in [9.17, 15) is 18.0 Å². The van der Waals surface area contributed by atoms with Crippen molar-refractivity contribution in [1.82, 2.24) is 0 Å². The molecule has 0 amide bonds. The zero-order valence-electron chi connectivity index (χ0n) is 7.91. The highest BCUT2D eigenvalue weighted by molar-refractivity contribution is 8.00. The van der Waals surface area contributed by atoms with E-state index in [1.165, 1.54) is 24.3 Å². The number of nitrogens with zero attached hydrogens (tertiary/aromatic N) is 1. The first kappa shape index (κ1) is 12.6. The number of ketones is 1. The lowest BCUT2D eigenvalue weighted by atomic mass is 10.1. The predicted molar refractivity (Wildman–Crippen MR) is 55.5 cm³/mol. The van der Waals surface area contributed by atoms with Crippen LogP contribution in [0, 0.1) is 6.57 Å². The van der Waals surface area contributed by atoms with E-state index in [1.807, 2.05) is 0 Å². The first-order chi connectivity index (χ1) is 7.42. The van der Waals surface area contributed by atoms with Crippen molar-refractivity contribution in [3.63, 3.8) is 0 Å². The molecule has 84 valence electrons. The summed E-state index contributed by atoms with van der Waals surface area (Å²) >= 11 is -0.364. The van der Waals surface area contributed by atoms with E-state index in [1.54, 1.807) is 0 Å². The van der Waals surface area contributed by atoms with Crippen molar-refractivity contribution in [3.05, 3.63) is 41.2 Å². The van der Waals surface area contributed by atoms with Crippen molar-refractivity contribution in [2.45, 2.75) is 5.51 Å². The van der Waals surface area contributed by atoms with Crippen LogP contribution in [0.3, 0.4) is 0 Å². The Balaban J connectivity index is 2.64. The van der Waals surface area contributed by atoms with Gasteiger partial charge in [0.15, 0.2) is 11.5 Å². The number of hydrogen-bond donors (Lipinski definition) is 0. The summed E-state index contributed by atoms with van der Waals surface area (Å²) in [5.74, 6) is -1.24. The first-order valence-electron chi connectivity index (χ1n) is 4.14. The smallest absolute Gasteiger partial charge is 0.293 e. The third-order valence-corrected chi connectivity index (χ3v) is 2.42. The van der Waals surface area contributed by atoms with Gasteiger partial charge in [-0.1, -0.05) is 24.3 Å². The summed E-state index contributed by atoms with van der Waals surface area (Å²) < 4.78 is 35.5. The van der Waals surface area contributed by atoms with Crippen LogP contribution in [0.1, 0.15) is 10.4 Å². The third-order valence-electron chi connectivity index (χ3n) is 1.69. The number of benzene rings is 1. The summed E-state index contributed by atoms with van der Waals surface area (Å²) in [7, 11) is 0. The standard InChI is InChI=1S/C10H6F3NOS/c1-14-8-4-2-7(3-5-8)9(15)6-16-10(11,12)13/h2-5H,6H2. The molecule has 6 heteroatoms. The molecule has 2 nitrogen and oxygen atoms in total. The average Bonchev–Trinajstić information content (AvgIpc) is 2.25. The van der Waals surface area contributed by atoms with Crippen LogP contribution in [-0.2, 0) is 0 Å². The van der Waals surface area contributed by atoms with Gasteiger partial charge in [0.25, 0.3) is 0 Å². The SMILES string of the molecule is [C-]#[N+]c1ccc(C(=O)CSC(F)(F)F)cc1. The summed E-state index contributed by atoms with van der Waals surface area (Å²) in [6.07, 6.45) is 0. The zero-order chi connectivity index (χ0) is 12.2. The van der Waals surface area contributed by atoms with Crippen molar-refractivity contribution in [2.24, 2.45) is 0 Å². The molecule has 0 aliphatic rings. The first-order valence-corrected chi connectivity index (χ1v) is 5.12. The number of carbonyl (C=O) groups is 1. The molecule has 0 unspecified atom stereocenters. The highest BCUT2D eigenvalue weighted by Gasteiger charge is 2.29. The van der Waals surface area contributed by atoms with Crippen LogP contribution in [0.2, 0.25) is 0 Å². The minimum absolute atomic E-state index is 0.184. The van der Waals surface area contributed by atoms with Gasteiger partial charge in [0.1, 0.15) is 0 Å². The van der Waals surface area contributed by atoms with Gasteiger partial charge in [-0.3, -0.25) is 4.79 Å². The van der Waals surface area contributed by atoms with E-state index in [-0.39, 0.29) is 17.3 Å². The van der Waals surface area contributed by atoms with Crippen LogP contribution in [0.15, 0.2) is 24.3 Å². The highest BCUT2D eigenvalue weighted by Crippen LogP contribution is 2.30. The monoisotopic (exact) mass is 245 g/mol. The Morgan fingerprint density at radius 1 is 1.31 bits per heavy atom. The molecule has 0 aliphatic heterocycles. The van der Waals surface area contributed by atoms with Crippen LogP contribution in [0.4, 0.5) is 18.9 Å². The average molecular weight is 245 g/mol. The molecule has 0 aromatic heterocycles. The number of carbonyl (C=O) groups excluding carboxylic acids is 1. The van der Waals surface area contributed by atoms with E-state index in [4.69, 9.17) is 6.57 Å². The summed E-state index contributed by atoms with van der Waals surface area (Å²) in [5.41, 5.74) is -3.87. The lowest BCUT2D eigenvalue weighted by Crippen LogP contribution is -2.09. The molecule has 0 saturated carbocycles. The van der Waals surface area contributed by atoms with Gasteiger partial charge in [0.2, 0.25) is 0 Å². The van der Waals surface area contributed by atoms with Crippen LogP contribution in [0.5, 0.6) is 0 Å². The van der Waals surface area contributed by atoms with E-state index < -0.39 is 17.0 Å². The Morgan fingerprint density at radius 3 is 2.31 bits per heavy atom. The fourth-order valence-corrected chi connectivity index (χ4v) is 1.41. The summed E-state index contributed by atoms with van der Waals surface area (Å²) in [4.78, 5) is 14.4. The lowest BCUT2D eigenvalue weighted by molar-refractivity contribution is -0.0327. The quantitative estimate of drug-likeness (QED) is 0.598. The minimum Gasteiger partial charge on any atom is -0.293 e. The molecule has 0 atom stereocenters. The Labute approximate surface area is 94.3 Å². The number of thioether (sulfide) groups is 1. The largest absolute Gasteiger partial charge is 0.442 e. The van der Waals surface area contributed by atoms with Crippen LogP contribution in [-0.4, -0.2) is 17.0 Å². The number of Topliss-reactive ketones (excluding diaryl/α,β-unsaturated/α-hetero) is 1. The van der Waals surface area contributed by atoms with Crippen molar-refractivity contribution in [2.75, 3.05) is 5.75 Å². The Hall–Kier alpha value is -1.48. The molecule has 16 heavy (non-hydrogen) atoms. The molecule has 1 rings (SSSR count). The summed E-state index contributed by atoms with van der Waals surface area (Å²) in [6.45, 7) is 6.67. The van der Waals surface area contributed by atoms with Gasteiger partial charge in [0, 0.05) is 5.56 Å². The molecule has 0 spiro atoms. The molecule has 0 saturated heterocycles. The predicted octanol–water partition coefficient (Wildman–Crippen LogP) is 3.67. The number of alkyl halides is 3. The van der Waals surface area contributed by atoms with Crippen LogP contribution < -0.4 is 0 Å². The second-order valence-electron chi connectivity index (χ2n) is 2.82. The minimum atomic E-state index is -4.40. The van der Waals surface area contributed by atoms with Crippen LogP contribution >= 0.6 is 11.8 Å². The molecule has 1 aromatic carbocycles. The fourth-order valence-electron chi connectivity index (χ4n) is 0.953. The van der Waals surface area contributed by atoms with Crippen molar-refractivity contribution >= 4 is 23.2 Å². The molecular formula is C10H6F3NOS. The maximum absolute atomic E-state index is 11.8. The van der Waals surface area contributed by atoms with Gasteiger partial charge in [-0.05, 0) is 11.8 Å². The third kappa shape index (κ3) is 3.95. The second-order valence-corrected chi connectivity index (χ2v) is 3.86. The van der Waals surface area contributed by atoms with Gasteiger partial charge in [-0.25, -0.2) is 4.85 Å². The normalized spacial score (nSPS) is 10.9. The number of hydrogen-bond acceptors (Lipinski definition) is 2. The Bertz CT molecular complexity index is 419. The molecule has 0 radical (unpaired) electrons. The Kier molecular flexibility index (Phi) is 3.96. The van der Waals surface area contributed by atoms with Gasteiger partial charge in [-0.2, -0.15) is 13.2 Å². The Morgan fingerprint density at radius 2 is 1.88 bits per heavy atom. The molecular weight excluding hydrogens is 239 g/mol. The molecule has 0 fully saturated rings. The fraction of sp³-hybridized carbons (Fsp3) is 0.200. The highest BCUT2D eigenvalue weighted by atomic mass is 32.2. The molecule has 0 bridgehead atoms. The molecule has 1 aromatic rings. The van der Waals surface area contributed by atoms with Crippen molar-refractivity contribution in [1.29, 1.82) is 0 Å². The van der Waals surface area contributed by atoms with Gasteiger partial charge in [0.05, 0.1) is 12.3 Å².